The highest BCUT2D eigenvalue weighted by Crippen LogP contribution is 2.33. The molecule has 1 aliphatic heterocycles. The number of hydrogen-bond acceptors (Lipinski definition) is 4. The van der Waals surface area contributed by atoms with Crippen LogP contribution in [-0.2, 0) is 4.79 Å². The van der Waals surface area contributed by atoms with Crippen molar-refractivity contribution in [1.29, 1.82) is 0 Å². The molecule has 0 fully saturated rings. The molecule has 0 atom stereocenters. The topological polar surface area (TPSA) is 45.3 Å². The Hall–Kier alpha value is -2.36. The first-order valence-corrected chi connectivity index (χ1v) is 7.33. The Morgan fingerprint density at radius 1 is 1.24 bits per heavy atom. The normalized spacial score (nSPS) is 10.6. The molecule has 1 heterocycles. The highest BCUT2D eigenvalue weighted by Gasteiger charge is 2.10. The molecule has 0 spiro atoms. The van der Waals surface area contributed by atoms with Gasteiger partial charge >= 0.3 is 0 Å². The number of nitrogens with zero attached hydrogens (tertiary/aromatic N) is 3. The van der Waals surface area contributed by atoms with Crippen molar-refractivity contribution in [2.24, 2.45) is 4.99 Å². The number of aromatic nitrogens is 1. The van der Waals surface area contributed by atoms with Crippen molar-refractivity contribution in [2.75, 3.05) is 14.1 Å². The molecule has 0 amide bonds. The van der Waals surface area contributed by atoms with Crippen LogP contribution in [-0.4, -0.2) is 25.2 Å². The maximum atomic E-state index is 10.5. The standard InChI is InChI=1S/C16H14N3OS/c1-10-6-14-16(8-13(10)17-9-20)21-15-7-11(19(2)3)4-5-12(15)18-14/h4-8H,1-3H3/q+1. The molecule has 2 aliphatic rings. The number of hydrogen-bond donors (Lipinski definition) is 0. The van der Waals surface area contributed by atoms with Gasteiger partial charge in [-0.2, -0.15) is 4.99 Å². The zero-order chi connectivity index (χ0) is 15.0. The molecule has 0 bridgehead atoms. The molecule has 5 heteroatoms. The Balaban J connectivity index is 2.37. The molecule has 104 valence electrons. The van der Waals surface area contributed by atoms with Crippen LogP contribution in [0, 0.1) is 6.92 Å². The van der Waals surface area contributed by atoms with Crippen LogP contribution in [0.1, 0.15) is 5.56 Å². The summed E-state index contributed by atoms with van der Waals surface area (Å²) < 4.78 is 3.08. The third-order valence-corrected chi connectivity index (χ3v) is 4.46. The van der Waals surface area contributed by atoms with E-state index in [1.54, 1.807) is 17.4 Å². The third kappa shape index (κ3) is 2.49. The van der Waals surface area contributed by atoms with Crippen molar-refractivity contribution < 1.29 is 4.79 Å². The van der Waals surface area contributed by atoms with E-state index in [4.69, 9.17) is 4.98 Å². The summed E-state index contributed by atoms with van der Waals surface area (Å²) >= 11 is 1.65. The van der Waals surface area contributed by atoms with E-state index in [2.05, 4.69) is 21.7 Å². The predicted octanol–water partition coefficient (Wildman–Crippen LogP) is 2.71. The molecule has 3 rings (SSSR count). The van der Waals surface area contributed by atoms with Crippen molar-refractivity contribution in [2.45, 2.75) is 6.92 Å². The fourth-order valence-corrected chi connectivity index (χ4v) is 3.22. The van der Waals surface area contributed by atoms with E-state index in [1.807, 2.05) is 39.2 Å². The molecule has 0 saturated heterocycles. The van der Waals surface area contributed by atoms with Crippen molar-refractivity contribution in [1.82, 2.24) is 9.56 Å². The highest BCUT2D eigenvalue weighted by atomic mass is 32.1. The molecular formula is C16H14N3OS+. The summed E-state index contributed by atoms with van der Waals surface area (Å²) in [6.07, 6.45) is 1.60. The van der Waals surface area contributed by atoms with Gasteiger partial charge in [-0.1, -0.05) is 0 Å². The number of aryl methyl sites for hydroxylation is 1. The van der Waals surface area contributed by atoms with E-state index in [1.165, 1.54) is 0 Å². The van der Waals surface area contributed by atoms with Crippen molar-refractivity contribution >= 4 is 33.3 Å². The molecular weight excluding hydrogens is 282 g/mol. The second-order valence-electron chi connectivity index (χ2n) is 5.07. The van der Waals surface area contributed by atoms with Crippen molar-refractivity contribution in [3.05, 3.63) is 41.3 Å². The summed E-state index contributed by atoms with van der Waals surface area (Å²) in [5, 5.41) is 1.14. The quantitative estimate of drug-likeness (QED) is 0.300. The Kier molecular flexibility index (Phi) is 3.37. The van der Waals surface area contributed by atoms with Gasteiger partial charge in [-0.25, -0.2) is 14.4 Å². The van der Waals surface area contributed by atoms with E-state index in [0.717, 1.165) is 31.7 Å². The maximum absolute atomic E-state index is 10.5. The van der Waals surface area contributed by atoms with Crippen LogP contribution in [0.4, 0.5) is 5.69 Å². The van der Waals surface area contributed by atoms with Crippen LogP contribution in [0.15, 0.2) is 35.3 Å². The fourth-order valence-electron chi connectivity index (χ4n) is 2.20. The second kappa shape index (κ2) is 5.20. The average molecular weight is 296 g/mol. The molecule has 0 saturated carbocycles. The van der Waals surface area contributed by atoms with Gasteiger partial charge in [-0.15, -0.1) is 11.3 Å². The van der Waals surface area contributed by atoms with Gasteiger partial charge in [-0.3, -0.25) is 0 Å². The largest absolute Gasteiger partial charge is 0.246 e. The van der Waals surface area contributed by atoms with Crippen LogP contribution >= 0.6 is 11.3 Å². The first-order chi connectivity index (χ1) is 10.1. The summed E-state index contributed by atoms with van der Waals surface area (Å²) in [4.78, 5) is 20.0. The number of fused-ring (bicyclic) bond motifs is 2. The molecule has 0 N–H and O–H groups in total. The van der Waals surface area contributed by atoms with E-state index >= 15 is 0 Å². The van der Waals surface area contributed by atoms with Gasteiger partial charge in [0, 0.05) is 12.1 Å². The van der Waals surface area contributed by atoms with Crippen LogP contribution < -0.4 is 9.93 Å². The van der Waals surface area contributed by atoms with Gasteiger partial charge in [-0.05, 0) is 30.7 Å². The lowest BCUT2D eigenvalue weighted by atomic mass is 10.2. The lowest BCUT2D eigenvalue weighted by Crippen LogP contribution is -2.21. The van der Waals surface area contributed by atoms with E-state index < -0.39 is 0 Å². The number of aliphatic imine (C=N–C) groups is 1. The van der Waals surface area contributed by atoms with Gasteiger partial charge in [0.1, 0.15) is 14.1 Å². The minimum atomic E-state index is 0.652. The molecule has 21 heavy (non-hydrogen) atoms. The lowest BCUT2D eigenvalue weighted by molar-refractivity contribution is 0.565. The van der Waals surface area contributed by atoms with Crippen LogP contribution in [0.2, 0.25) is 0 Å². The minimum Gasteiger partial charge on any atom is -0.246 e. The number of rotatable bonds is 1. The summed E-state index contributed by atoms with van der Waals surface area (Å²) in [6, 6.07) is 10.1. The number of isocyanates is 1. The molecule has 0 unspecified atom stereocenters. The maximum Gasteiger partial charge on any atom is 0.240 e. The Morgan fingerprint density at radius 2 is 2.05 bits per heavy atom. The van der Waals surface area contributed by atoms with Gasteiger partial charge in [0.25, 0.3) is 0 Å². The SMILES string of the molecule is Cc1cc2nc3ccc(=[N+](C)C)cc-3sc2cc1N=C=O. The molecule has 0 radical (unpaired) electrons. The molecule has 1 aromatic rings. The minimum absolute atomic E-state index is 0.652. The summed E-state index contributed by atoms with van der Waals surface area (Å²) in [6.45, 7) is 1.92. The van der Waals surface area contributed by atoms with Gasteiger partial charge < -0.3 is 0 Å². The molecule has 0 aromatic heterocycles. The Morgan fingerprint density at radius 3 is 2.76 bits per heavy atom. The average Bonchev–Trinajstić information content (AvgIpc) is 2.45. The lowest BCUT2D eigenvalue weighted by Gasteiger charge is -2.07. The zero-order valence-corrected chi connectivity index (χ0v) is 12.9. The second-order valence-corrected chi connectivity index (χ2v) is 6.15. The number of carbonyl (C=O) groups excluding carboxylic acids is 1. The highest BCUT2D eigenvalue weighted by molar-refractivity contribution is 7.21. The Labute approximate surface area is 126 Å². The fraction of sp³-hybridized carbons (Fsp3) is 0.188. The smallest absolute Gasteiger partial charge is 0.240 e. The van der Waals surface area contributed by atoms with Crippen LogP contribution in [0.3, 0.4) is 0 Å². The number of benzene rings is 2. The zero-order valence-electron chi connectivity index (χ0n) is 12.0. The van der Waals surface area contributed by atoms with E-state index in [9.17, 15) is 4.79 Å². The van der Waals surface area contributed by atoms with Gasteiger partial charge in [0.15, 0.2) is 0 Å². The van der Waals surface area contributed by atoms with E-state index in [-0.39, 0.29) is 0 Å². The summed E-state index contributed by atoms with van der Waals surface area (Å²) in [5.41, 5.74) is 3.48. The first-order valence-electron chi connectivity index (χ1n) is 6.52. The van der Waals surface area contributed by atoms with Crippen LogP contribution in [0.25, 0.3) is 20.8 Å². The van der Waals surface area contributed by atoms with Crippen molar-refractivity contribution in [3.63, 3.8) is 0 Å². The summed E-state index contributed by atoms with van der Waals surface area (Å²) in [5.74, 6) is 0. The first kappa shape index (κ1) is 13.6. The monoisotopic (exact) mass is 296 g/mol. The Bertz CT molecular complexity index is 932. The molecule has 1 aliphatic carbocycles. The van der Waals surface area contributed by atoms with Gasteiger partial charge in [0.05, 0.1) is 26.5 Å². The summed E-state index contributed by atoms with van der Waals surface area (Å²) in [7, 11) is 4.03. The van der Waals surface area contributed by atoms with Crippen LogP contribution in [0.5, 0.6) is 0 Å². The van der Waals surface area contributed by atoms with E-state index in [0.29, 0.717) is 5.69 Å². The van der Waals surface area contributed by atoms with Crippen molar-refractivity contribution in [3.8, 4) is 10.6 Å². The molecule has 1 aromatic carbocycles. The third-order valence-electron chi connectivity index (χ3n) is 3.36. The van der Waals surface area contributed by atoms with Gasteiger partial charge in [0.2, 0.25) is 11.4 Å². The molecule has 4 nitrogen and oxygen atoms in total. The predicted molar refractivity (Wildman–Crippen MR) is 85.9 cm³/mol.